The third-order valence-electron chi connectivity index (χ3n) is 2.85. The Morgan fingerprint density at radius 1 is 1.44 bits per heavy atom. The fraction of sp³-hybridized carbons (Fsp3) is 0.500. The van der Waals surface area contributed by atoms with Gasteiger partial charge in [0.25, 0.3) is 0 Å². The van der Waals surface area contributed by atoms with Crippen LogP contribution in [-0.4, -0.2) is 30.6 Å². The van der Waals surface area contributed by atoms with Gasteiger partial charge in [-0.25, -0.2) is 8.78 Å². The molecule has 2 rings (SSSR count). The van der Waals surface area contributed by atoms with Crippen LogP contribution in [-0.2, 0) is 6.54 Å². The van der Waals surface area contributed by atoms with Crippen molar-refractivity contribution in [1.82, 2.24) is 10.2 Å². The van der Waals surface area contributed by atoms with Crippen LogP contribution in [0, 0.1) is 11.6 Å². The summed E-state index contributed by atoms with van der Waals surface area (Å²) < 4.78 is 26.4. The molecule has 1 aliphatic rings. The van der Waals surface area contributed by atoms with E-state index in [1.54, 1.807) is 0 Å². The van der Waals surface area contributed by atoms with Crippen LogP contribution in [0.15, 0.2) is 18.2 Å². The molecule has 0 aromatic heterocycles. The smallest absolute Gasteiger partial charge is 0.127 e. The maximum atomic E-state index is 13.4. The molecule has 1 N–H and O–H groups in total. The van der Waals surface area contributed by atoms with Crippen molar-refractivity contribution in [3.63, 3.8) is 0 Å². The second-order valence-corrected chi connectivity index (χ2v) is 4.33. The molecule has 1 heterocycles. The first-order valence-electron chi connectivity index (χ1n) is 5.55. The molecule has 1 fully saturated rings. The van der Waals surface area contributed by atoms with Crippen molar-refractivity contribution >= 4 is 0 Å². The summed E-state index contributed by atoms with van der Waals surface area (Å²) in [5.41, 5.74) is 0.439. The molecule has 1 saturated heterocycles. The molecule has 4 heteroatoms. The number of nitrogens with zero attached hydrogens (tertiary/aromatic N) is 1. The van der Waals surface area contributed by atoms with Gasteiger partial charge in [0, 0.05) is 37.8 Å². The van der Waals surface area contributed by atoms with Gasteiger partial charge in [-0.15, -0.1) is 0 Å². The number of piperazine rings is 1. The lowest BCUT2D eigenvalue weighted by atomic mass is 10.1. The highest BCUT2D eigenvalue weighted by molar-refractivity contribution is 5.18. The van der Waals surface area contributed by atoms with Gasteiger partial charge in [-0.2, -0.15) is 0 Å². The van der Waals surface area contributed by atoms with E-state index in [-0.39, 0.29) is 11.6 Å². The highest BCUT2D eigenvalue weighted by Crippen LogP contribution is 2.13. The van der Waals surface area contributed by atoms with Crippen LogP contribution in [0.2, 0.25) is 0 Å². The number of halogens is 2. The molecular formula is C12H16F2N2. The number of nitrogens with one attached hydrogen (secondary N) is 1. The molecule has 1 aromatic carbocycles. The molecule has 1 unspecified atom stereocenters. The van der Waals surface area contributed by atoms with E-state index in [0.717, 1.165) is 25.7 Å². The van der Waals surface area contributed by atoms with Crippen molar-refractivity contribution in [1.29, 1.82) is 0 Å². The minimum Gasteiger partial charge on any atom is -0.312 e. The molecule has 0 amide bonds. The van der Waals surface area contributed by atoms with Gasteiger partial charge >= 0.3 is 0 Å². The fourth-order valence-corrected chi connectivity index (χ4v) is 2.06. The highest BCUT2D eigenvalue weighted by atomic mass is 19.1. The number of hydrogen-bond donors (Lipinski definition) is 1. The zero-order chi connectivity index (χ0) is 11.5. The Morgan fingerprint density at radius 3 is 3.00 bits per heavy atom. The van der Waals surface area contributed by atoms with Gasteiger partial charge in [0.2, 0.25) is 0 Å². The Bertz CT molecular complexity index is 368. The first-order valence-corrected chi connectivity index (χ1v) is 5.55. The Kier molecular flexibility index (Phi) is 3.51. The minimum atomic E-state index is -0.375. The Hall–Kier alpha value is -1.00. The summed E-state index contributed by atoms with van der Waals surface area (Å²) in [7, 11) is 0. The number of rotatable bonds is 2. The molecule has 0 aliphatic carbocycles. The van der Waals surface area contributed by atoms with Crippen molar-refractivity contribution in [2.45, 2.75) is 19.5 Å². The summed E-state index contributed by atoms with van der Waals surface area (Å²) in [5, 5.41) is 3.31. The average Bonchev–Trinajstić information content (AvgIpc) is 2.24. The second-order valence-electron chi connectivity index (χ2n) is 4.33. The maximum absolute atomic E-state index is 13.4. The fourth-order valence-electron chi connectivity index (χ4n) is 2.06. The van der Waals surface area contributed by atoms with Gasteiger partial charge in [0.15, 0.2) is 0 Å². The molecule has 0 spiro atoms. The van der Waals surface area contributed by atoms with Gasteiger partial charge in [-0.3, -0.25) is 4.90 Å². The third kappa shape index (κ3) is 2.77. The summed E-state index contributed by atoms with van der Waals surface area (Å²) in [6, 6.07) is 4.03. The van der Waals surface area contributed by atoms with Crippen molar-refractivity contribution in [2.24, 2.45) is 0 Å². The van der Waals surface area contributed by atoms with Crippen LogP contribution >= 0.6 is 0 Å². The first-order chi connectivity index (χ1) is 7.65. The maximum Gasteiger partial charge on any atom is 0.127 e. The topological polar surface area (TPSA) is 15.3 Å². The van der Waals surface area contributed by atoms with Gasteiger partial charge in [0.05, 0.1) is 0 Å². The molecule has 0 saturated carbocycles. The van der Waals surface area contributed by atoms with Crippen LogP contribution in [0.1, 0.15) is 12.5 Å². The predicted molar refractivity (Wildman–Crippen MR) is 59.1 cm³/mol. The quantitative estimate of drug-likeness (QED) is 0.826. The molecule has 1 atom stereocenters. The van der Waals surface area contributed by atoms with Crippen LogP contribution in [0.4, 0.5) is 8.78 Å². The molecule has 88 valence electrons. The predicted octanol–water partition coefficient (Wildman–Crippen LogP) is 1.76. The van der Waals surface area contributed by atoms with E-state index >= 15 is 0 Å². The molecular weight excluding hydrogens is 210 g/mol. The van der Waals surface area contributed by atoms with Gasteiger partial charge in [-0.05, 0) is 25.1 Å². The third-order valence-corrected chi connectivity index (χ3v) is 2.85. The van der Waals surface area contributed by atoms with E-state index in [2.05, 4.69) is 17.1 Å². The molecule has 0 radical (unpaired) electrons. The van der Waals surface area contributed by atoms with Crippen LogP contribution in [0.5, 0.6) is 0 Å². The zero-order valence-corrected chi connectivity index (χ0v) is 9.34. The van der Waals surface area contributed by atoms with E-state index in [4.69, 9.17) is 0 Å². The SMILES string of the molecule is CC1CN(Cc2cc(F)ccc2F)CCN1. The summed E-state index contributed by atoms with van der Waals surface area (Å²) in [4.78, 5) is 2.14. The van der Waals surface area contributed by atoms with Crippen LogP contribution in [0.25, 0.3) is 0 Å². The lowest BCUT2D eigenvalue weighted by Gasteiger charge is -2.31. The summed E-state index contributed by atoms with van der Waals surface area (Å²) in [6.07, 6.45) is 0. The van der Waals surface area contributed by atoms with E-state index in [0.29, 0.717) is 18.2 Å². The first kappa shape index (κ1) is 11.5. The normalized spacial score (nSPS) is 22.3. The molecule has 16 heavy (non-hydrogen) atoms. The van der Waals surface area contributed by atoms with Crippen LogP contribution in [0.3, 0.4) is 0 Å². The van der Waals surface area contributed by atoms with E-state index in [1.807, 2.05) is 0 Å². The lowest BCUT2D eigenvalue weighted by Crippen LogP contribution is -2.48. The van der Waals surface area contributed by atoms with E-state index < -0.39 is 0 Å². The molecule has 2 nitrogen and oxygen atoms in total. The molecule has 1 aromatic rings. The number of hydrogen-bond acceptors (Lipinski definition) is 2. The van der Waals surface area contributed by atoms with E-state index in [1.165, 1.54) is 12.1 Å². The largest absolute Gasteiger partial charge is 0.312 e. The zero-order valence-electron chi connectivity index (χ0n) is 9.34. The summed E-state index contributed by atoms with van der Waals surface area (Å²) in [6.45, 7) is 5.22. The Labute approximate surface area is 94.3 Å². The monoisotopic (exact) mass is 226 g/mol. The van der Waals surface area contributed by atoms with E-state index in [9.17, 15) is 8.78 Å². The molecule has 1 aliphatic heterocycles. The second kappa shape index (κ2) is 4.89. The Morgan fingerprint density at radius 2 is 2.25 bits per heavy atom. The van der Waals surface area contributed by atoms with Crippen LogP contribution < -0.4 is 5.32 Å². The van der Waals surface area contributed by atoms with Gasteiger partial charge in [0.1, 0.15) is 11.6 Å². The minimum absolute atomic E-state index is 0.326. The Balaban J connectivity index is 2.05. The number of benzene rings is 1. The summed E-state index contributed by atoms with van der Waals surface area (Å²) in [5.74, 6) is -0.702. The summed E-state index contributed by atoms with van der Waals surface area (Å²) >= 11 is 0. The lowest BCUT2D eigenvalue weighted by molar-refractivity contribution is 0.197. The standard InChI is InChI=1S/C12H16F2N2/c1-9-7-16(5-4-15-9)8-10-6-11(13)2-3-12(10)14/h2-3,6,9,15H,4-5,7-8H2,1H3. The van der Waals surface area contributed by atoms with Crippen molar-refractivity contribution in [2.75, 3.05) is 19.6 Å². The average molecular weight is 226 g/mol. The van der Waals surface area contributed by atoms with Crippen molar-refractivity contribution < 1.29 is 8.78 Å². The van der Waals surface area contributed by atoms with Gasteiger partial charge in [-0.1, -0.05) is 0 Å². The van der Waals surface area contributed by atoms with Gasteiger partial charge < -0.3 is 5.32 Å². The van der Waals surface area contributed by atoms with Crippen molar-refractivity contribution in [3.05, 3.63) is 35.4 Å². The highest BCUT2D eigenvalue weighted by Gasteiger charge is 2.17. The molecule has 0 bridgehead atoms. The van der Waals surface area contributed by atoms with Crippen molar-refractivity contribution in [3.8, 4) is 0 Å².